The number of nitrogens with zero attached hydrogens (tertiary/aromatic N) is 4. The highest BCUT2D eigenvalue weighted by molar-refractivity contribution is 6.10. The predicted molar refractivity (Wildman–Crippen MR) is 258 cm³/mol. The zero-order valence-corrected chi connectivity index (χ0v) is 34.0. The second kappa shape index (κ2) is 14.9. The first-order valence-electron chi connectivity index (χ1n) is 21.4. The summed E-state index contributed by atoms with van der Waals surface area (Å²) in [5, 5.41) is 3.72. The molecule has 4 heteroatoms. The first kappa shape index (κ1) is 35.8. The normalized spacial score (nSPS) is 12.5. The van der Waals surface area contributed by atoms with E-state index in [1.165, 1.54) is 66.2 Å². The van der Waals surface area contributed by atoms with E-state index in [2.05, 4.69) is 228 Å². The van der Waals surface area contributed by atoms with E-state index in [9.17, 15) is 0 Å². The van der Waals surface area contributed by atoms with Crippen molar-refractivity contribution in [1.82, 2.24) is 19.1 Å². The average Bonchev–Trinajstić information content (AvgIpc) is 3.87. The molecule has 0 fully saturated rings. The molecule has 1 aliphatic carbocycles. The number of benzene rings is 8. The highest BCUT2D eigenvalue weighted by atomic mass is 15.0. The molecule has 0 amide bonds. The van der Waals surface area contributed by atoms with Crippen molar-refractivity contribution < 1.29 is 0 Å². The molecule has 4 nitrogen and oxygen atoms in total. The van der Waals surface area contributed by atoms with Crippen molar-refractivity contribution in [2.75, 3.05) is 0 Å². The van der Waals surface area contributed by atoms with Crippen molar-refractivity contribution in [2.24, 2.45) is 0 Å². The van der Waals surface area contributed by atoms with Crippen LogP contribution in [0.5, 0.6) is 0 Å². The van der Waals surface area contributed by atoms with E-state index in [4.69, 9.17) is 9.97 Å². The molecule has 12 rings (SSSR count). The highest BCUT2D eigenvalue weighted by Crippen LogP contribution is 2.40. The Hall–Kier alpha value is -8.08. The van der Waals surface area contributed by atoms with E-state index in [0.717, 1.165) is 52.3 Å². The van der Waals surface area contributed by atoms with Crippen molar-refractivity contribution in [2.45, 2.75) is 12.8 Å². The summed E-state index contributed by atoms with van der Waals surface area (Å²) in [4.78, 5) is 10.8. The maximum atomic E-state index is 5.40. The molecule has 0 unspecified atom stereocenters. The lowest BCUT2D eigenvalue weighted by Crippen LogP contribution is -2.05. The van der Waals surface area contributed by atoms with Crippen LogP contribution in [0.25, 0.3) is 101 Å². The van der Waals surface area contributed by atoms with Crippen LogP contribution in [0.15, 0.2) is 212 Å². The lowest BCUT2D eigenvalue weighted by Gasteiger charge is -2.18. The Labute approximate surface area is 360 Å². The van der Waals surface area contributed by atoms with Crippen LogP contribution in [0.1, 0.15) is 23.4 Å². The smallest absolute Gasteiger partial charge is 0.160 e. The molecule has 1 aliphatic rings. The van der Waals surface area contributed by atoms with Gasteiger partial charge in [0.15, 0.2) is 5.82 Å². The van der Waals surface area contributed by atoms with Gasteiger partial charge in [-0.15, -0.1) is 0 Å². The summed E-state index contributed by atoms with van der Waals surface area (Å²) in [6.45, 7) is 0. The zero-order chi connectivity index (χ0) is 41.0. The molecule has 0 N–H and O–H groups in total. The number of hydrogen-bond acceptors (Lipinski definition) is 2. The third kappa shape index (κ3) is 6.15. The summed E-state index contributed by atoms with van der Waals surface area (Å²) in [6.07, 6.45) is 4.19. The SMILES string of the molecule is C1=C(c2cc(-c3ccc4c(c3)c3ccccc3n4-c3ccccc3)nc(-c3ccc(-c4cccc(-c5ccccc5)c4)cc3)n2)CCc2c1n(-c1ccccc1)c1ccccc21. The van der Waals surface area contributed by atoms with E-state index >= 15 is 0 Å². The minimum Gasteiger partial charge on any atom is -0.310 e. The number of rotatable bonds is 7. The van der Waals surface area contributed by atoms with Gasteiger partial charge in [0, 0.05) is 38.7 Å². The second-order valence-corrected chi connectivity index (χ2v) is 16.1. The quantitative estimate of drug-likeness (QED) is 0.161. The molecule has 0 aliphatic heterocycles. The Morgan fingerprint density at radius 3 is 1.60 bits per heavy atom. The lowest BCUT2D eigenvalue weighted by atomic mass is 9.92. The summed E-state index contributed by atoms with van der Waals surface area (Å²) in [7, 11) is 0. The van der Waals surface area contributed by atoms with Crippen LogP contribution >= 0.6 is 0 Å². The summed E-state index contributed by atoms with van der Waals surface area (Å²) in [5.74, 6) is 0.712. The van der Waals surface area contributed by atoms with Crippen LogP contribution in [-0.4, -0.2) is 19.1 Å². The zero-order valence-electron chi connectivity index (χ0n) is 34.0. The summed E-state index contributed by atoms with van der Waals surface area (Å²) >= 11 is 0. The van der Waals surface area contributed by atoms with Crippen LogP contribution in [0.2, 0.25) is 0 Å². The molecule has 292 valence electrons. The van der Waals surface area contributed by atoms with Gasteiger partial charge in [0.2, 0.25) is 0 Å². The second-order valence-electron chi connectivity index (χ2n) is 16.1. The average molecular weight is 793 g/mol. The van der Waals surface area contributed by atoms with Crippen molar-refractivity contribution in [3.05, 3.63) is 229 Å². The van der Waals surface area contributed by atoms with E-state index in [-0.39, 0.29) is 0 Å². The first-order chi connectivity index (χ1) is 30.7. The summed E-state index contributed by atoms with van der Waals surface area (Å²) in [6, 6.07) is 75.9. The Balaban J connectivity index is 1.02. The number of allylic oxidation sites excluding steroid dienone is 1. The molecular weight excluding hydrogens is 753 g/mol. The van der Waals surface area contributed by atoms with Crippen molar-refractivity contribution >= 4 is 44.4 Å². The minimum absolute atomic E-state index is 0.712. The Morgan fingerprint density at radius 1 is 0.339 bits per heavy atom. The highest BCUT2D eigenvalue weighted by Gasteiger charge is 2.23. The van der Waals surface area contributed by atoms with Crippen LogP contribution in [0, 0.1) is 0 Å². The molecule has 8 aromatic carbocycles. The van der Waals surface area contributed by atoms with Gasteiger partial charge in [0.25, 0.3) is 0 Å². The third-order valence-electron chi connectivity index (χ3n) is 12.5. The van der Waals surface area contributed by atoms with Crippen LogP contribution < -0.4 is 0 Å². The van der Waals surface area contributed by atoms with E-state index in [1.54, 1.807) is 0 Å². The van der Waals surface area contributed by atoms with Gasteiger partial charge in [-0.25, -0.2) is 9.97 Å². The molecule has 0 saturated heterocycles. The van der Waals surface area contributed by atoms with Gasteiger partial charge in [-0.1, -0.05) is 152 Å². The van der Waals surface area contributed by atoms with E-state index in [1.807, 2.05) is 0 Å². The third-order valence-corrected chi connectivity index (χ3v) is 12.5. The maximum absolute atomic E-state index is 5.40. The Morgan fingerprint density at radius 2 is 0.871 bits per heavy atom. The summed E-state index contributed by atoms with van der Waals surface area (Å²) in [5.41, 5.74) is 18.3. The lowest BCUT2D eigenvalue weighted by molar-refractivity contribution is 0.970. The Kier molecular flexibility index (Phi) is 8.60. The van der Waals surface area contributed by atoms with Crippen molar-refractivity contribution in [3.63, 3.8) is 0 Å². The fourth-order valence-electron chi connectivity index (χ4n) is 9.49. The predicted octanol–water partition coefficient (Wildman–Crippen LogP) is 14.7. The fourth-order valence-corrected chi connectivity index (χ4v) is 9.49. The summed E-state index contributed by atoms with van der Waals surface area (Å²) < 4.78 is 4.77. The molecular formula is C58H40N4. The van der Waals surface area contributed by atoms with E-state index < -0.39 is 0 Å². The fraction of sp³-hybridized carbons (Fsp3) is 0.0345. The molecule has 62 heavy (non-hydrogen) atoms. The molecule has 3 aromatic heterocycles. The number of aryl methyl sites for hydroxylation is 1. The van der Waals surface area contributed by atoms with Gasteiger partial charge in [-0.3, -0.25) is 0 Å². The van der Waals surface area contributed by atoms with Gasteiger partial charge >= 0.3 is 0 Å². The van der Waals surface area contributed by atoms with Crippen LogP contribution in [-0.2, 0) is 6.42 Å². The number of para-hydroxylation sites is 4. The molecule has 0 atom stereocenters. The van der Waals surface area contributed by atoms with E-state index in [0.29, 0.717) is 5.82 Å². The molecule has 0 saturated carbocycles. The molecule has 0 spiro atoms. The first-order valence-corrected chi connectivity index (χ1v) is 21.4. The Bertz CT molecular complexity index is 3490. The van der Waals surface area contributed by atoms with Gasteiger partial charge in [0.05, 0.1) is 33.6 Å². The van der Waals surface area contributed by atoms with Gasteiger partial charge in [0.1, 0.15) is 0 Å². The topological polar surface area (TPSA) is 35.6 Å². The number of hydrogen-bond donors (Lipinski definition) is 0. The molecule has 0 radical (unpaired) electrons. The van der Waals surface area contributed by atoms with Gasteiger partial charge in [-0.05, 0) is 113 Å². The largest absolute Gasteiger partial charge is 0.310 e. The number of fused-ring (bicyclic) bond motifs is 6. The van der Waals surface area contributed by atoms with Gasteiger partial charge < -0.3 is 9.13 Å². The maximum Gasteiger partial charge on any atom is 0.160 e. The van der Waals surface area contributed by atoms with Crippen LogP contribution in [0.4, 0.5) is 0 Å². The van der Waals surface area contributed by atoms with Crippen molar-refractivity contribution in [1.29, 1.82) is 0 Å². The standard InChI is InChI=1S/C58H40N4/c1-4-15-39(16-5-1)42-17-14-18-43(35-42)40-27-29-41(30-28-40)58-59-52(44-32-34-56-51(36-44)49-24-11-13-26-55(49)61(56)46-19-6-2-7-20-46)38-53(60-58)45-31-33-50-48-23-10-12-25-54(48)62(57(50)37-45)47-21-8-3-9-22-47/h1-30,32,34-38H,31,33H2. The van der Waals surface area contributed by atoms with Crippen LogP contribution in [0.3, 0.4) is 0 Å². The molecule has 3 heterocycles. The van der Waals surface area contributed by atoms with Crippen molar-refractivity contribution in [3.8, 4) is 56.3 Å². The minimum atomic E-state index is 0.712. The molecule has 0 bridgehead atoms. The molecule has 11 aromatic rings. The monoisotopic (exact) mass is 792 g/mol. The number of aromatic nitrogens is 4. The van der Waals surface area contributed by atoms with Gasteiger partial charge in [-0.2, -0.15) is 0 Å².